The van der Waals surface area contributed by atoms with Crippen molar-refractivity contribution >= 4 is 0 Å². The molecule has 0 saturated carbocycles. The van der Waals surface area contributed by atoms with E-state index in [1.165, 1.54) is 37.9 Å². The highest BCUT2D eigenvalue weighted by Crippen LogP contribution is 2.18. The number of aliphatic hydroxyl groups is 1. The van der Waals surface area contributed by atoms with Crippen molar-refractivity contribution in [1.29, 1.82) is 0 Å². The van der Waals surface area contributed by atoms with E-state index in [9.17, 15) is 5.11 Å². The first-order valence-corrected chi connectivity index (χ1v) is 11.2. The van der Waals surface area contributed by atoms with Crippen LogP contribution in [0.4, 0.5) is 0 Å². The van der Waals surface area contributed by atoms with Gasteiger partial charge in [-0.3, -0.25) is 9.80 Å². The molecule has 1 fully saturated rings. The van der Waals surface area contributed by atoms with Crippen LogP contribution in [0.15, 0.2) is 48.5 Å². The molecule has 6 nitrogen and oxygen atoms in total. The van der Waals surface area contributed by atoms with Crippen LogP contribution in [0.2, 0.25) is 0 Å². The van der Waals surface area contributed by atoms with Gasteiger partial charge in [0.05, 0.1) is 7.11 Å². The maximum Gasteiger partial charge on any atom is 0.119 e. The summed E-state index contributed by atoms with van der Waals surface area (Å²) in [6.45, 7) is 5.61. The molecule has 0 radical (unpaired) electrons. The molecule has 1 aliphatic rings. The summed E-state index contributed by atoms with van der Waals surface area (Å²) in [6, 6.07) is 15.6. The first-order valence-electron chi connectivity index (χ1n) is 11.2. The Kier molecular flexibility index (Phi) is 9.46. The molecule has 2 aromatic rings. The second-order valence-electron chi connectivity index (χ2n) is 8.24. The van der Waals surface area contributed by atoms with Gasteiger partial charge >= 0.3 is 0 Å². The largest absolute Gasteiger partial charge is 0.497 e. The number of hydrogen-bond acceptors (Lipinski definition) is 6. The molecule has 0 unspecified atom stereocenters. The van der Waals surface area contributed by atoms with Crippen molar-refractivity contribution in [2.75, 3.05) is 53.6 Å². The van der Waals surface area contributed by atoms with Crippen LogP contribution in [0, 0.1) is 0 Å². The quantitative estimate of drug-likeness (QED) is 0.559. The smallest absolute Gasteiger partial charge is 0.119 e. The van der Waals surface area contributed by atoms with E-state index in [0.717, 1.165) is 36.9 Å². The Morgan fingerprint density at radius 3 is 2.45 bits per heavy atom. The van der Waals surface area contributed by atoms with Gasteiger partial charge in [0.25, 0.3) is 0 Å². The van der Waals surface area contributed by atoms with E-state index in [0.29, 0.717) is 6.54 Å². The maximum absolute atomic E-state index is 10.3. The number of rotatable bonds is 12. The second-order valence-corrected chi connectivity index (χ2v) is 8.24. The summed E-state index contributed by atoms with van der Waals surface area (Å²) in [5, 5.41) is 10.3. The Labute approximate surface area is 186 Å². The Morgan fingerprint density at radius 2 is 1.71 bits per heavy atom. The molecule has 1 aliphatic heterocycles. The molecular weight excluding hydrogens is 392 g/mol. The molecular formula is C25H36N2O4. The van der Waals surface area contributed by atoms with Crippen molar-refractivity contribution < 1.29 is 19.3 Å². The van der Waals surface area contributed by atoms with Gasteiger partial charge in [-0.15, -0.1) is 0 Å². The van der Waals surface area contributed by atoms with Gasteiger partial charge in [-0.05, 0) is 74.9 Å². The van der Waals surface area contributed by atoms with E-state index in [4.69, 9.17) is 14.2 Å². The zero-order valence-corrected chi connectivity index (χ0v) is 18.8. The lowest BCUT2D eigenvalue weighted by molar-refractivity contribution is 0.0743. The van der Waals surface area contributed by atoms with Crippen molar-refractivity contribution in [2.45, 2.75) is 31.9 Å². The van der Waals surface area contributed by atoms with Gasteiger partial charge in [0.1, 0.15) is 36.6 Å². The summed E-state index contributed by atoms with van der Waals surface area (Å²) < 4.78 is 16.8. The monoisotopic (exact) mass is 428 g/mol. The van der Waals surface area contributed by atoms with Gasteiger partial charge in [-0.25, -0.2) is 0 Å². The molecule has 1 atom stereocenters. The minimum absolute atomic E-state index is 0.246. The van der Waals surface area contributed by atoms with Crippen LogP contribution in [0.3, 0.4) is 0 Å². The lowest BCUT2D eigenvalue weighted by Gasteiger charge is -2.26. The molecule has 6 heteroatoms. The Bertz CT molecular complexity index is 762. The minimum atomic E-state index is -0.573. The molecule has 0 amide bonds. The Hall–Kier alpha value is -2.28. The maximum atomic E-state index is 10.3. The van der Waals surface area contributed by atoms with E-state index >= 15 is 0 Å². The number of nitrogens with zero attached hydrogens (tertiary/aromatic N) is 2. The molecule has 0 bridgehead atoms. The predicted molar refractivity (Wildman–Crippen MR) is 123 cm³/mol. The summed E-state index contributed by atoms with van der Waals surface area (Å²) in [7, 11) is 3.63. The molecule has 31 heavy (non-hydrogen) atoms. The normalized spacial score (nSPS) is 15.6. The van der Waals surface area contributed by atoms with Crippen LogP contribution in [-0.2, 0) is 6.54 Å². The second kappa shape index (κ2) is 12.5. The Balaban J connectivity index is 1.37. The standard InChI is InChI=1S/C25H36N2O4/c1-26(19-22(28)20-31-24-11-9-23(29-2)10-12-24)18-21-7-6-8-25(17-21)30-16-15-27-13-4-3-5-14-27/h6-12,17,22,28H,3-5,13-16,18-20H2,1-2H3/t22-/m0/s1. The number of ether oxygens (including phenoxy) is 3. The SMILES string of the molecule is COc1ccc(OC[C@@H](O)CN(C)Cc2cccc(OCCN3CCCCC3)c2)cc1. The van der Waals surface area contributed by atoms with E-state index in [1.807, 2.05) is 43.4 Å². The average Bonchev–Trinajstić information content (AvgIpc) is 2.79. The number of aliphatic hydroxyl groups excluding tert-OH is 1. The fourth-order valence-electron chi connectivity index (χ4n) is 3.86. The fourth-order valence-corrected chi connectivity index (χ4v) is 3.86. The number of likely N-dealkylation sites (tertiary alicyclic amines) is 1. The van der Waals surface area contributed by atoms with Crippen molar-refractivity contribution in [3.63, 3.8) is 0 Å². The average molecular weight is 429 g/mol. The molecule has 0 spiro atoms. The van der Waals surface area contributed by atoms with Gasteiger partial charge in [0.15, 0.2) is 0 Å². The van der Waals surface area contributed by atoms with Gasteiger partial charge in [-0.1, -0.05) is 18.6 Å². The summed E-state index contributed by atoms with van der Waals surface area (Å²) in [5.41, 5.74) is 1.17. The van der Waals surface area contributed by atoms with Crippen molar-refractivity contribution in [3.05, 3.63) is 54.1 Å². The minimum Gasteiger partial charge on any atom is -0.497 e. The van der Waals surface area contributed by atoms with E-state index in [2.05, 4.69) is 21.9 Å². The molecule has 170 valence electrons. The predicted octanol–water partition coefficient (Wildman–Crippen LogP) is 3.43. The van der Waals surface area contributed by atoms with Crippen molar-refractivity contribution in [2.24, 2.45) is 0 Å². The highest BCUT2D eigenvalue weighted by molar-refractivity contribution is 5.31. The van der Waals surface area contributed by atoms with Gasteiger partial charge < -0.3 is 19.3 Å². The van der Waals surface area contributed by atoms with Crippen molar-refractivity contribution in [3.8, 4) is 17.2 Å². The molecule has 0 aromatic heterocycles. The summed E-state index contributed by atoms with van der Waals surface area (Å²) in [6.07, 6.45) is 3.39. The highest BCUT2D eigenvalue weighted by atomic mass is 16.5. The first kappa shape index (κ1) is 23.4. The topological polar surface area (TPSA) is 54.4 Å². The molecule has 1 saturated heterocycles. The van der Waals surface area contributed by atoms with E-state index in [-0.39, 0.29) is 6.61 Å². The van der Waals surface area contributed by atoms with Crippen LogP contribution in [0.1, 0.15) is 24.8 Å². The van der Waals surface area contributed by atoms with Gasteiger partial charge in [-0.2, -0.15) is 0 Å². The fraction of sp³-hybridized carbons (Fsp3) is 0.520. The molecule has 0 aliphatic carbocycles. The van der Waals surface area contributed by atoms with Gasteiger partial charge in [0.2, 0.25) is 0 Å². The van der Waals surface area contributed by atoms with Crippen LogP contribution < -0.4 is 14.2 Å². The summed E-state index contributed by atoms with van der Waals surface area (Å²) >= 11 is 0. The van der Waals surface area contributed by atoms with Gasteiger partial charge in [0, 0.05) is 19.6 Å². The molecule has 1 N–H and O–H groups in total. The number of methoxy groups -OCH3 is 1. The molecule has 2 aromatic carbocycles. The third-order valence-corrected chi connectivity index (χ3v) is 5.50. The van der Waals surface area contributed by atoms with Crippen LogP contribution in [-0.4, -0.2) is 74.6 Å². The number of likely N-dealkylation sites (N-methyl/N-ethyl adjacent to an activating group) is 1. The zero-order chi connectivity index (χ0) is 21.9. The third-order valence-electron chi connectivity index (χ3n) is 5.50. The lowest BCUT2D eigenvalue weighted by atomic mass is 10.1. The molecule has 3 rings (SSSR count). The van der Waals surface area contributed by atoms with Crippen LogP contribution >= 0.6 is 0 Å². The lowest BCUT2D eigenvalue weighted by Crippen LogP contribution is -2.33. The van der Waals surface area contributed by atoms with Crippen molar-refractivity contribution in [1.82, 2.24) is 9.80 Å². The first-order chi connectivity index (χ1) is 15.1. The summed E-state index contributed by atoms with van der Waals surface area (Å²) in [5.74, 6) is 2.41. The number of piperidine rings is 1. The van der Waals surface area contributed by atoms with Crippen LogP contribution in [0.5, 0.6) is 17.2 Å². The number of benzene rings is 2. The van der Waals surface area contributed by atoms with Crippen LogP contribution in [0.25, 0.3) is 0 Å². The third kappa shape index (κ3) is 8.40. The Morgan fingerprint density at radius 1 is 0.968 bits per heavy atom. The number of hydrogen-bond donors (Lipinski definition) is 1. The van der Waals surface area contributed by atoms with E-state index < -0.39 is 6.10 Å². The summed E-state index contributed by atoms with van der Waals surface area (Å²) in [4.78, 5) is 4.57. The zero-order valence-electron chi connectivity index (χ0n) is 18.8. The van der Waals surface area contributed by atoms with E-state index in [1.54, 1.807) is 7.11 Å². The molecule has 1 heterocycles. The highest BCUT2D eigenvalue weighted by Gasteiger charge is 2.12.